The van der Waals surface area contributed by atoms with Crippen LogP contribution in [-0.4, -0.2) is 28.6 Å². The van der Waals surface area contributed by atoms with Crippen LogP contribution in [0.5, 0.6) is 0 Å². The lowest BCUT2D eigenvalue weighted by Crippen LogP contribution is -2.25. The van der Waals surface area contributed by atoms with E-state index in [-0.39, 0.29) is 18.2 Å². The van der Waals surface area contributed by atoms with Gasteiger partial charge in [0.25, 0.3) is 5.91 Å². The molecule has 0 aliphatic rings. The first kappa shape index (κ1) is 20.0. The molecule has 2 aromatic carbocycles. The third-order valence-electron chi connectivity index (χ3n) is 3.88. The molecule has 28 heavy (non-hydrogen) atoms. The number of hydrogen-bond acceptors (Lipinski definition) is 5. The Morgan fingerprint density at radius 3 is 2.50 bits per heavy atom. The quantitative estimate of drug-likeness (QED) is 0.547. The van der Waals surface area contributed by atoms with Crippen molar-refractivity contribution in [2.45, 2.75) is 19.3 Å². The van der Waals surface area contributed by atoms with Gasteiger partial charge in [0.15, 0.2) is 0 Å². The fraction of sp³-hybridized carbons (Fsp3) is 0.200. The molecule has 1 aromatic heterocycles. The number of nitrogens with zero attached hydrogens (tertiary/aromatic N) is 2. The largest absolute Gasteiger partial charge is 0.352 e. The Kier molecular flexibility index (Phi) is 7.11. The lowest BCUT2D eigenvalue weighted by Gasteiger charge is -2.05. The summed E-state index contributed by atoms with van der Waals surface area (Å²) in [5.41, 5.74) is 1.68. The molecule has 2 amide bonds. The van der Waals surface area contributed by atoms with Crippen LogP contribution in [0.2, 0.25) is 5.02 Å². The summed E-state index contributed by atoms with van der Waals surface area (Å²) in [5, 5.41) is 15.6. The molecule has 8 heteroatoms. The van der Waals surface area contributed by atoms with Crippen molar-refractivity contribution in [3.63, 3.8) is 0 Å². The summed E-state index contributed by atoms with van der Waals surface area (Å²) >= 11 is 7.17. The van der Waals surface area contributed by atoms with E-state index in [2.05, 4.69) is 20.8 Å². The van der Waals surface area contributed by atoms with Gasteiger partial charge in [-0.1, -0.05) is 53.3 Å². The van der Waals surface area contributed by atoms with Gasteiger partial charge in [0.2, 0.25) is 11.0 Å². The van der Waals surface area contributed by atoms with Crippen LogP contribution in [0.25, 0.3) is 0 Å². The van der Waals surface area contributed by atoms with Crippen molar-refractivity contribution >= 4 is 39.9 Å². The summed E-state index contributed by atoms with van der Waals surface area (Å²) in [7, 11) is 0. The third-order valence-corrected chi connectivity index (χ3v) is 4.97. The lowest BCUT2D eigenvalue weighted by molar-refractivity contribution is -0.116. The monoisotopic (exact) mass is 414 g/mol. The van der Waals surface area contributed by atoms with Crippen molar-refractivity contribution in [3.8, 4) is 0 Å². The second kappa shape index (κ2) is 9.96. The van der Waals surface area contributed by atoms with E-state index in [9.17, 15) is 9.59 Å². The van der Waals surface area contributed by atoms with Gasteiger partial charge in [-0.25, -0.2) is 0 Å². The van der Waals surface area contributed by atoms with Crippen molar-refractivity contribution in [1.82, 2.24) is 15.5 Å². The minimum atomic E-state index is -0.188. The topological polar surface area (TPSA) is 84.0 Å². The minimum Gasteiger partial charge on any atom is -0.352 e. The Labute approximate surface area is 172 Å². The Balaban J connectivity index is 1.37. The normalized spacial score (nSPS) is 10.5. The number of hydrogen-bond donors (Lipinski definition) is 2. The molecule has 3 aromatic rings. The van der Waals surface area contributed by atoms with Crippen LogP contribution in [0.4, 0.5) is 5.13 Å². The zero-order chi connectivity index (χ0) is 19.8. The zero-order valence-corrected chi connectivity index (χ0v) is 16.6. The molecule has 6 nitrogen and oxygen atoms in total. The maximum Gasteiger partial charge on any atom is 0.251 e. The van der Waals surface area contributed by atoms with E-state index in [1.807, 2.05) is 30.3 Å². The molecule has 0 aliphatic carbocycles. The number of anilines is 1. The Morgan fingerprint density at radius 1 is 1.00 bits per heavy atom. The minimum absolute atomic E-state index is 0.150. The molecule has 0 spiro atoms. The van der Waals surface area contributed by atoms with Gasteiger partial charge < -0.3 is 10.6 Å². The van der Waals surface area contributed by atoms with Crippen LogP contribution < -0.4 is 10.6 Å². The summed E-state index contributed by atoms with van der Waals surface area (Å²) in [6, 6.07) is 16.6. The highest BCUT2D eigenvalue weighted by atomic mass is 35.5. The van der Waals surface area contributed by atoms with Gasteiger partial charge in [-0.05, 0) is 36.2 Å². The molecule has 0 unspecified atom stereocenters. The van der Waals surface area contributed by atoms with Gasteiger partial charge in [-0.3, -0.25) is 9.59 Å². The van der Waals surface area contributed by atoms with Crippen LogP contribution in [0, 0.1) is 0 Å². The molecule has 0 radical (unpaired) electrons. The molecule has 144 valence electrons. The van der Waals surface area contributed by atoms with Crippen molar-refractivity contribution in [3.05, 3.63) is 75.8 Å². The van der Waals surface area contributed by atoms with Crippen molar-refractivity contribution in [2.24, 2.45) is 0 Å². The third kappa shape index (κ3) is 6.14. The molecule has 0 bridgehead atoms. The molecular weight excluding hydrogens is 396 g/mol. The van der Waals surface area contributed by atoms with E-state index in [1.165, 1.54) is 11.3 Å². The summed E-state index contributed by atoms with van der Waals surface area (Å²) in [6.45, 7) is 0.407. The molecule has 3 rings (SSSR count). The molecule has 0 saturated heterocycles. The predicted molar refractivity (Wildman–Crippen MR) is 111 cm³/mol. The molecule has 0 atom stereocenters. The van der Waals surface area contributed by atoms with E-state index in [0.717, 1.165) is 10.6 Å². The standard InChI is InChI=1S/C20H19ClN4O2S/c21-16-10-8-15(9-11-16)19(27)22-12-4-7-17(26)23-20-25-24-18(28-20)13-14-5-2-1-3-6-14/h1-3,5-6,8-11H,4,7,12-13H2,(H,22,27)(H,23,25,26). The van der Waals surface area contributed by atoms with E-state index >= 15 is 0 Å². The second-order valence-corrected chi connectivity index (χ2v) is 7.58. The Bertz CT molecular complexity index is 929. The first-order chi connectivity index (χ1) is 13.6. The van der Waals surface area contributed by atoms with Gasteiger partial charge >= 0.3 is 0 Å². The number of amides is 2. The van der Waals surface area contributed by atoms with Gasteiger partial charge in [0.1, 0.15) is 5.01 Å². The number of aromatic nitrogens is 2. The highest BCUT2D eigenvalue weighted by Gasteiger charge is 2.09. The summed E-state index contributed by atoms with van der Waals surface area (Å²) in [4.78, 5) is 24.0. The number of benzene rings is 2. The van der Waals surface area contributed by atoms with Crippen LogP contribution in [0.3, 0.4) is 0 Å². The molecule has 0 aliphatic heterocycles. The number of carbonyl (C=O) groups excluding carboxylic acids is 2. The maximum atomic E-state index is 12.0. The van der Waals surface area contributed by atoms with Gasteiger partial charge in [0, 0.05) is 30.0 Å². The SMILES string of the molecule is O=C(CCCNC(=O)c1ccc(Cl)cc1)Nc1nnc(Cc2ccccc2)s1. The van der Waals surface area contributed by atoms with Crippen molar-refractivity contribution in [1.29, 1.82) is 0 Å². The van der Waals surface area contributed by atoms with E-state index < -0.39 is 0 Å². The predicted octanol–water partition coefficient (Wildman–Crippen LogP) is 3.93. The average molecular weight is 415 g/mol. The Hall–Kier alpha value is -2.77. The van der Waals surface area contributed by atoms with E-state index in [4.69, 9.17) is 11.6 Å². The smallest absolute Gasteiger partial charge is 0.251 e. The fourth-order valence-electron chi connectivity index (χ4n) is 2.48. The summed E-state index contributed by atoms with van der Waals surface area (Å²) < 4.78 is 0. The highest BCUT2D eigenvalue weighted by Crippen LogP contribution is 2.18. The maximum absolute atomic E-state index is 12.0. The summed E-state index contributed by atoms with van der Waals surface area (Å²) in [6.07, 6.45) is 1.50. The van der Waals surface area contributed by atoms with Gasteiger partial charge in [0.05, 0.1) is 0 Å². The van der Waals surface area contributed by atoms with Crippen molar-refractivity contribution < 1.29 is 9.59 Å². The van der Waals surface area contributed by atoms with Crippen LogP contribution in [0.15, 0.2) is 54.6 Å². The molecule has 0 fully saturated rings. The number of halogens is 1. The highest BCUT2D eigenvalue weighted by molar-refractivity contribution is 7.15. The van der Waals surface area contributed by atoms with E-state index in [0.29, 0.717) is 35.1 Å². The Morgan fingerprint density at radius 2 is 1.75 bits per heavy atom. The zero-order valence-electron chi connectivity index (χ0n) is 15.0. The van der Waals surface area contributed by atoms with Crippen LogP contribution >= 0.6 is 22.9 Å². The van der Waals surface area contributed by atoms with Gasteiger partial charge in [-0.2, -0.15) is 0 Å². The average Bonchev–Trinajstić information content (AvgIpc) is 3.13. The fourth-order valence-corrected chi connectivity index (χ4v) is 3.40. The number of carbonyl (C=O) groups is 2. The first-order valence-corrected chi connectivity index (χ1v) is 9.99. The molecule has 2 N–H and O–H groups in total. The summed E-state index contributed by atoms with van der Waals surface area (Å²) in [5.74, 6) is -0.338. The van der Waals surface area contributed by atoms with Crippen molar-refractivity contribution in [2.75, 3.05) is 11.9 Å². The van der Waals surface area contributed by atoms with Gasteiger partial charge in [-0.15, -0.1) is 10.2 Å². The van der Waals surface area contributed by atoms with E-state index in [1.54, 1.807) is 24.3 Å². The number of rotatable bonds is 8. The second-order valence-electron chi connectivity index (χ2n) is 6.08. The van der Waals surface area contributed by atoms with Crippen LogP contribution in [0.1, 0.15) is 33.8 Å². The molecule has 0 saturated carbocycles. The number of nitrogens with one attached hydrogen (secondary N) is 2. The lowest BCUT2D eigenvalue weighted by atomic mass is 10.2. The molecular formula is C20H19ClN4O2S. The molecule has 1 heterocycles. The first-order valence-electron chi connectivity index (χ1n) is 8.80. The van der Waals surface area contributed by atoms with Crippen LogP contribution in [-0.2, 0) is 11.2 Å².